The Hall–Kier alpha value is -2.28. The van der Waals surface area contributed by atoms with Crippen LogP contribution in [0.4, 0.5) is 0 Å². The molecule has 0 radical (unpaired) electrons. The Balaban J connectivity index is 2.01. The van der Waals surface area contributed by atoms with E-state index in [9.17, 15) is 4.79 Å². The van der Waals surface area contributed by atoms with Gasteiger partial charge >= 0.3 is 0 Å². The fraction of sp³-hybridized carbons (Fsp3) is 0.619. The van der Waals surface area contributed by atoms with Gasteiger partial charge in [-0.05, 0) is 57.5 Å². The van der Waals surface area contributed by atoms with Crippen LogP contribution >= 0.6 is 0 Å². The van der Waals surface area contributed by atoms with E-state index in [-0.39, 0.29) is 11.9 Å². The van der Waals surface area contributed by atoms with Crippen molar-refractivity contribution in [2.75, 3.05) is 47.4 Å². The lowest BCUT2D eigenvalue weighted by molar-refractivity contribution is -0.128. The lowest BCUT2D eigenvalue weighted by atomic mass is 9.92. The molecule has 1 aromatic rings. The Morgan fingerprint density at radius 3 is 2.39 bits per heavy atom. The molecule has 1 heterocycles. The first kappa shape index (κ1) is 22.0. The number of nitrogens with zero attached hydrogens (tertiary/aromatic N) is 2. The number of ether oxygens (including phenoxy) is 1. The molecule has 28 heavy (non-hydrogen) atoms. The van der Waals surface area contributed by atoms with Gasteiger partial charge in [0.2, 0.25) is 5.91 Å². The second-order valence-electron chi connectivity index (χ2n) is 7.80. The molecule has 2 rings (SSSR count). The zero-order valence-corrected chi connectivity index (χ0v) is 17.8. The number of benzene rings is 1. The highest BCUT2D eigenvalue weighted by atomic mass is 16.5. The third-order valence-corrected chi connectivity index (χ3v) is 5.31. The Kier molecular flexibility index (Phi) is 8.11. The van der Waals surface area contributed by atoms with E-state index >= 15 is 0 Å². The number of hydrogen-bond donors (Lipinski definition) is 3. The summed E-state index contributed by atoms with van der Waals surface area (Å²) >= 11 is 0. The van der Waals surface area contributed by atoms with Crippen molar-refractivity contribution < 1.29 is 9.53 Å². The number of methoxy groups -OCH3 is 1. The largest absolute Gasteiger partial charge is 0.497 e. The molecule has 3 N–H and O–H groups in total. The van der Waals surface area contributed by atoms with Gasteiger partial charge in [-0.2, -0.15) is 0 Å². The lowest BCUT2D eigenvalue weighted by Crippen LogP contribution is -2.48. The molecule has 0 aliphatic carbocycles. The number of likely N-dealkylation sites (tertiary alicyclic amines) is 1. The predicted molar refractivity (Wildman–Crippen MR) is 114 cm³/mol. The minimum absolute atomic E-state index is 0.00336. The molecule has 0 saturated carbocycles. The number of aliphatic imine (C=N–C) groups is 1. The number of carbonyl (C=O) groups is 1. The lowest BCUT2D eigenvalue weighted by Gasteiger charge is -2.30. The molecular weight excluding hydrogens is 354 g/mol. The van der Waals surface area contributed by atoms with Gasteiger partial charge in [-0.3, -0.25) is 14.7 Å². The third kappa shape index (κ3) is 5.86. The molecule has 0 bridgehead atoms. The number of guanidine groups is 1. The molecule has 1 aromatic carbocycles. The number of rotatable bonds is 8. The fourth-order valence-corrected chi connectivity index (χ4v) is 3.47. The number of hydrogen-bond acceptors (Lipinski definition) is 4. The molecule has 0 spiro atoms. The van der Waals surface area contributed by atoms with E-state index in [0.29, 0.717) is 12.5 Å². The highest BCUT2D eigenvalue weighted by Gasteiger charge is 2.27. The van der Waals surface area contributed by atoms with Gasteiger partial charge in [0.15, 0.2) is 5.96 Å². The summed E-state index contributed by atoms with van der Waals surface area (Å²) < 4.78 is 5.29. The molecule has 1 amide bonds. The highest BCUT2D eigenvalue weighted by Crippen LogP contribution is 2.26. The van der Waals surface area contributed by atoms with Crippen LogP contribution in [0.1, 0.15) is 38.3 Å². The molecule has 156 valence electrons. The van der Waals surface area contributed by atoms with Gasteiger partial charge in [0.1, 0.15) is 5.75 Å². The van der Waals surface area contributed by atoms with E-state index in [1.807, 2.05) is 26.0 Å². The molecule has 7 nitrogen and oxygen atoms in total. The van der Waals surface area contributed by atoms with E-state index in [4.69, 9.17) is 4.74 Å². The molecule has 1 aliphatic heterocycles. The van der Waals surface area contributed by atoms with Crippen molar-refractivity contribution in [3.8, 4) is 5.75 Å². The second-order valence-corrected chi connectivity index (χ2v) is 7.80. The predicted octanol–water partition coefficient (Wildman–Crippen LogP) is 1.77. The van der Waals surface area contributed by atoms with Gasteiger partial charge < -0.3 is 20.7 Å². The maximum atomic E-state index is 12.0. The standard InChI is InChI=1S/C21H35N5O2/c1-21(2,19(27)22-3)15-25-20(23-4)24-14-18(26-12-6-7-13-26)16-8-10-17(28-5)11-9-16/h8-11,18H,6-7,12-15H2,1-5H3,(H,22,27)(H2,23,24,25). The molecule has 1 aliphatic rings. The zero-order chi connectivity index (χ0) is 20.6. The normalized spacial score (nSPS) is 16.5. The summed E-state index contributed by atoms with van der Waals surface area (Å²) in [6.07, 6.45) is 2.47. The van der Waals surface area contributed by atoms with Crippen molar-refractivity contribution in [1.82, 2.24) is 20.9 Å². The monoisotopic (exact) mass is 389 g/mol. The smallest absolute Gasteiger partial charge is 0.227 e. The molecule has 1 atom stereocenters. The zero-order valence-electron chi connectivity index (χ0n) is 17.8. The van der Waals surface area contributed by atoms with Gasteiger partial charge in [-0.1, -0.05) is 12.1 Å². The maximum absolute atomic E-state index is 12.0. The van der Waals surface area contributed by atoms with E-state index in [1.165, 1.54) is 18.4 Å². The van der Waals surface area contributed by atoms with Crippen LogP contribution in [0.2, 0.25) is 0 Å². The van der Waals surface area contributed by atoms with Crippen molar-refractivity contribution in [2.45, 2.75) is 32.7 Å². The molecular formula is C21H35N5O2. The second kappa shape index (κ2) is 10.3. The van der Waals surface area contributed by atoms with Crippen LogP contribution in [0.25, 0.3) is 0 Å². The highest BCUT2D eigenvalue weighted by molar-refractivity contribution is 5.84. The van der Waals surface area contributed by atoms with E-state index in [2.05, 4.69) is 38.0 Å². The minimum Gasteiger partial charge on any atom is -0.497 e. The summed E-state index contributed by atoms with van der Waals surface area (Å²) in [7, 11) is 5.09. The van der Waals surface area contributed by atoms with E-state index < -0.39 is 5.41 Å². The average molecular weight is 390 g/mol. The van der Waals surface area contributed by atoms with Crippen molar-refractivity contribution in [3.05, 3.63) is 29.8 Å². The van der Waals surface area contributed by atoms with Crippen molar-refractivity contribution in [1.29, 1.82) is 0 Å². The Morgan fingerprint density at radius 1 is 1.21 bits per heavy atom. The Labute approximate surface area is 168 Å². The number of carbonyl (C=O) groups excluding carboxylic acids is 1. The van der Waals surface area contributed by atoms with Crippen LogP contribution in [-0.4, -0.2) is 64.2 Å². The summed E-state index contributed by atoms with van der Waals surface area (Å²) in [6, 6.07) is 8.55. The van der Waals surface area contributed by atoms with Crippen molar-refractivity contribution >= 4 is 11.9 Å². The van der Waals surface area contributed by atoms with Crippen LogP contribution in [-0.2, 0) is 4.79 Å². The minimum atomic E-state index is -0.517. The summed E-state index contributed by atoms with van der Waals surface area (Å²) in [5.74, 6) is 1.57. The first-order valence-corrected chi connectivity index (χ1v) is 9.96. The van der Waals surface area contributed by atoms with Crippen LogP contribution in [0, 0.1) is 5.41 Å². The van der Waals surface area contributed by atoms with Gasteiger partial charge in [0.25, 0.3) is 0 Å². The first-order valence-electron chi connectivity index (χ1n) is 9.96. The molecule has 0 aromatic heterocycles. The van der Waals surface area contributed by atoms with Gasteiger partial charge in [0.05, 0.1) is 18.6 Å². The van der Waals surface area contributed by atoms with Gasteiger partial charge in [-0.25, -0.2) is 0 Å². The summed E-state index contributed by atoms with van der Waals surface area (Å²) in [6.45, 7) is 7.28. The van der Waals surface area contributed by atoms with Crippen LogP contribution in [0.15, 0.2) is 29.3 Å². The van der Waals surface area contributed by atoms with Gasteiger partial charge in [-0.15, -0.1) is 0 Å². The molecule has 1 unspecified atom stereocenters. The van der Waals surface area contributed by atoms with Crippen LogP contribution < -0.4 is 20.7 Å². The third-order valence-electron chi connectivity index (χ3n) is 5.31. The van der Waals surface area contributed by atoms with Crippen LogP contribution in [0.3, 0.4) is 0 Å². The first-order chi connectivity index (χ1) is 13.4. The molecule has 7 heteroatoms. The van der Waals surface area contributed by atoms with Crippen molar-refractivity contribution in [2.24, 2.45) is 10.4 Å². The van der Waals surface area contributed by atoms with Gasteiger partial charge in [0, 0.05) is 27.2 Å². The molecule has 1 saturated heterocycles. The quantitative estimate of drug-likeness (QED) is 0.467. The maximum Gasteiger partial charge on any atom is 0.227 e. The fourth-order valence-electron chi connectivity index (χ4n) is 3.47. The van der Waals surface area contributed by atoms with Crippen LogP contribution in [0.5, 0.6) is 5.75 Å². The Bertz CT molecular complexity index is 651. The van der Waals surface area contributed by atoms with Crippen molar-refractivity contribution in [3.63, 3.8) is 0 Å². The summed E-state index contributed by atoms with van der Waals surface area (Å²) in [4.78, 5) is 18.8. The molecule has 1 fully saturated rings. The number of nitrogens with one attached hydrogen (secondary N) is 3. The Morgan fingerprint density at radius 2 is 1.86 bits per heavy atom. The number of amides is 1. The van der Waals surface area contributed by atoms with E-state index in [1.54, 1.807) is 21.2 Å². The average Bonchev–Trinajstić information content (AvgIpc) is 3.24. The SMILES string of the molecule is CN=C(NCC(c1ccc(OC)cc1)N1CCCC1)NCC(C)(C)C(=O)NC. The summed E-state index contributed by atoms with van der Waals surface area (Å²) in [5, 5.41) is 9.43. The summed E-state index contributed by atoms with van der Waals surface area (Å²) in [5.41, 5.74) is 0.743. The topological polar surface area (TPSA) is 78.0 Å². The van der Waals surface area contributed by atoms with E-state index in [0.717, 1.165) is 25.4 Å².